The quantitative estimate of drug-likeness (QED) is 0.390. The van der Waals surface area contributed by atoms with E-state index in [1.807, 2.05) is 0 Å². The van der Waals surface area contributed by atoms with Crippen LogP contribution in [0.15, 0.2) is 0 Å². The zero-order chi connectivity index (χ0) is 19.5. The first-order chi connectivity index (χ1) is 12.1. The molecule has 3 unspecified atom stereocenters. The molecule has 0 radical (unpaired) electrons. The van der Waals surface area contributed by atoms with Crippen molar-refractivity contribution in [3.8, 4) is 0 Å². The summed E-state index contributed by atoms with van der Waals surface area (Å²) >= 11 is 0. The SMILES string of the molecule is CC(=O)C1(N)CNCC1CCCB1OC(=O)CC(CC(=O)O)(C(=O)O)O1. The average Bonchev–Trinajstić information content (AvgIpc) is 2.88. The van der Waals surface area contributed by atoms with Crippen molar-refractivity contribution >= 4 is 30.8 Å². The predicted octanol–water partition coefficient (Wildman–Crippen LogP) is -0.978. The van der Waals surface area contributed by atoms with Crippen LogP contribution in [0.3, 0.4) is 0 Å². The second kappa shape index (κ2) is 7.72. The zero-order valence-electron chi connectivity index (χ0n) is 14.5. The van der Waals surface area contributed by atoms with Gasteiger partial charge in [0.2, 0.25) is 0 Å². The lowest BCUT2D eigenvalue weighted by Gasteiger charge is -2.35. The maximum Gasteiger partial charge on any atom is 0.528 e. The standard InChI is InChI=1S/C15H23BN2O8/c1-9(19)15(17)8-18-7-10(15)3-2-4-16-25-12(22)6-14(26-16,13(23)24)5-11(20)21/h10,18H,2-8,17H2,1H3,(H,20,21)(H,23,24). The molecule has 0 amide bonds. The number of carboxylic acid groups (broad SMARTS) is 2. The molecule has 0 aromatic heterocycles. The van der Waals surface area contributed by atoms with Gasteiger partial charge in [-0.3, -0.25) is 14.4 Å². The summed E-state index contributed by atoms with van der Waals surface area (Å²) < 4.78 is 10.3. The van der Waals surface area contributed by atoms with E-state index in [4.69, 9.17) is 20.1 Å². The van der Waals surface area contributed by atoms with Crippen LogP contribution in [0, 0.1) is 5.92 Å². The third-order valence-corrected chi connectivity index (χ3v) is 5.06. The Kier molecular flexibility index (Phi) is 6.04. The second-order valence-electron chi connectivity index (χ2n) is 6.94. The molecule has 0 spiro atoms. The third-order valence-electron chi connectivity index (χ3n) is 5.06. The van der Waals surface area contributed by atoms with E-state index in [0.29, 0.717) is 25.9 Å². The number of ketones is 1. The molecule has 2 rings (SSSR count). The molecule has 10 nitrogen and oxygen atoms in total. The number of carboxylic acids is 2. The Labute approximate surface area is 150 Å². The highest BCUT2D eigenvalue weighted by molar-refractivity contribution is 6.48. The molecule has 0 bridgehead atoms. The van der Waals surface area contributed by atoms with Gasteiger partial charge in [0, 0.05) is 13.1 Å². The van der Waals surface area contributed by atoms with Crippen LogP contribution in [0.1, 0.15) is 32.6 Å². The molecule has 2 saturated heterocycles. The summed E-state index contributed by atoms with van der Waals surface area (Å²) in [6.45, 7) is 2.42. The number of carbonyl (C=O) groups excluding carboxylic acids is 2. The number of aliphatic carboxylic acids is 2. The number of hydrogen-bond donors (Lipinski definition) is 4. The van der Waals surface area contributed by atoms with Crippen LogP contribution < -0.4 is 11.1 Å². The van der Waals surface area contributed by atoms with Gasteiger partial charge in [-0.25, -0.2) is 4.79 Å². The van der Waals surface area contributed by atoms with Crippen LogP contribution >= 0.6 is 0 Å². The smallest absolute Gasteiger partial charge is 0.509 e. The third kappa shape index (κ3) is 4.22. The van der Waals surface area contributed by atoms with Crippen LogP contribution in [-0.4, -0.2) is 65.3 Å². The lowest BCUT2D eigenvalue weighted by molar-refractivity contribution is -0.174. The minimum absolute atomic E-state index is 0.0949. The van der Waals surface area contributed by atoms with E-state index in [2.05, 4.69) is 5.32 Å². The topological polar surface area (TPSA) is 165 Å². The fourth-order valence-electron chi connectivity index (χ4n) is 3.49. The number of Topliss-reactive ketones (excluding diaryl/α,β-unsaturated/α-hetero) is 1. The van der Waals surface area contributed by atoms with E-state index in [9.17, 15) is 24.3 Å². The Morgan fingerprint density at radius 3 is 2.65 bits per heavy atom. The lowest BCUT2D eigenvalue weighted by Crippen LogP contribution is -2.54. The van der Waals surface area contributed by atoms with E-state index < -0.39 is 49.0 Å². The summed E-state index contributed by atoms with van der Waals surface area (Å²) in [6, 6.07) is 0. The van der Waals surface area contributed by atoms with Gasteiger partial charge in [-0.2, -0.15) is 0 Å². The van der Waals surface area contributed by atoms with E-state index in [-0.39, 0.29) is 18.0 Å². The minimum Gasteiger partial charge on any atom is -0.509 e. The normalized spacial score (nSPS) is 31.5. The van der Waals surface area contributed by atoms with Crippen molar-refractivity contribution < 1.29 is 38.7 Å². The largest absolute Gasteiger partial charge is 0.528 e. The van der Waals surface area contributed by atoms with Crippen molar-refractivity contribution in [3.05, 3.63) is 0 Å². The molecular weight excluding hydrogens is 347 g/mol. The maximum atomic E-state index is 11.8. The van der Waals surface area contributed by atoms with Crippen molar-refractivity contribution in [3.63, 3.8) is 0 Å². The Morgan fingerprint density at radius 2 is 2.08 bits per heavy atom. The molecule has 3 atom stereocenters. The lowest BCUT2D eigenvalue weighted by atomic mass is 9.74. The number of rotatable bonds is 8. The Hall–Kier alpha value is -1.98. The van der Waals surface area contributed by atoms with Gasteiger partial charge in [-0.1, -0.05) is 6.42 Å². The fraction of sp³-hybridized carbons (Fsp3) is 0.733. The van der Waals surface area contributed by atoms with Crippen LogP contribution in [0.5, 0.6) is 0 Å². The van der Waals surface area contributed by atoms with Crippen molar-refractivity contribution in [1.82, 2.24) is 5.32 Å². The average molecular weight is 370 g/mol. The zero-order valence-corrected chi connectivity index (χ0v) is 14.5. The monoisotopic (exact) mass is 370 g/mol. The number of nitrogens with two attached hydrogens (primary N) is 1. The predicted molar refractivity (Wildman–Crippen MR) is 88.2 cm³/mol. The summed E-state index contributed by atoms with van der Waals surface area (Å²) in [7, 11) is -1.15. The van der Waals surface area contributed by atoms with Gasteiger partial charge in [-0.15, -0.1) is 0 Å². The van der Waals surface area contributed by atoms with Crippen molar-refractivity contribution in [2.45, 2.75) is 50.1 Å². The van der Waals surface area contributed by atoms with E-state index in [1.54, 1.807) is 0 Å². The summed E-state index contributed by atoms with van der Waals surface area (Å²) in [5, 5.41) is 21.4. The van der Waals surface area contributed by atoms with Gasteiger partial charge in [0.15, 0.2) is 11.4 Å². The minimum atomic E-state index is -2.13. The highest BCUT2D eigenvalue weighted by atomic mass is 16.6. The molecule has 2 aliphatic heterocycles. The molecule has 11 heteroatoms. The van der Waals surface area contributed by atoms with E-state index in [0.717, 1.165) is 0 Å². The molecule has 2 fully saturated rings. The van der Waals surface area contributed by atoms with Crippen LogP contribution in [0.2, 0.25) is 6.32 Å². The highest BCUT2D eigenvalue weighted by Crippen LogP contribution is 2.31. The van der Waals surface area contributed by atoms with Gasteiger partial charge >= 0.3 is 19.1 Å². The van der Waals surface area contributed by atoms with Crippen molar-refractivity contribution in [2.24, 2.45) is 11.7 Å². The molecule has 144 valence electrons. The Morgan fingerprint density at radius 1 is 1.38 bits per heavy atom. The van der Waals surface area contributed by atoms with Crippen molar-refractivity contribution in [2.75, 3.05) is 13.1 Å². The fourth-order valence-corrected chi connectivity index (χ4v) is 3.49. The van der Waals surface area contributed by atoms with Crippen LogP contribution in [0.4, 0.5) is 0 Å². The van der Waals surface area contributed by atoms with Gasteiger partial charge in [0.1, 0.15) is 0 Å². The number of carbonyl (C=O) groups is 4. The van der Waals surface area contributed by atoms with Gasteiger partial charge in [0.25, 0.3) is 5.97 Å². The molecule has 0 saturated carbocycles. The number of nitrogens with one attached hydrogen (secondary N) is 1. The molecular formula is C15H23BN2O8. The molecule has 0 aliphatic carbocycles. The molecule has 2 heterocycles. The highest BCUT2D eigenvalue weighted by Gasteiger charge is 2.52. The van der Waals surface area contributed by atoms with Crippen LogP contribution in [-0.2, 0) is 28.5 Å². The number of hydrogen-bond acceptors (Lipinski definition) is 8. The van der Waals surface area contributed by atoms with E-state index >= 15 is 0 Å². The van der Waals surface area contributed by atoms with Gasteiger partial charge in [0.05, 0.1) is 18.4 Å². The summed E-state index contributed by atoms with van der Waals surface area (Å²) in [4.78, 5) is 46.0. The maximum absolute atomic E-state index is 11.8. The molecule has 5 N–H and O–H groups in total. The van der Waals surface area contributed by atoms with E-state index in [1.165, 1.54) is 6.92 Å². The Balaban J connectivity index is 1.97. The molecule has 26 heavy (non-hydrogen) atoms. The summed E-state index contributed by atoms with van der Waals surface area (Å²) in [5.41, 5.74) is 3.08. The van der Waals surface area contributed by atoms with Crippen LogP contribution in [0.25, 0.3) is 0 Å². The first kappa shape index (κ1) is 20.3. The Bertz CT molecular complexity index is 610. The summed E-state index contributed by atoms with van der Waals surface area (Å²) in [6.07, 6.45) is -0.283. The first-order valence-corrected chi connectivity index (χ1v) is 8.42. The van der Waals surface area contributed by atoms with Crippen molar-refractivity contribution in [1.29, 1.82) is 0 Å². The van der Waals surface area contributed by atoms with Gasteiger partial charge in [-0.05, 0) is 25.6 Å². The molecule has 2 aliphatic rings. The summed E-state index contributed by atoms with van der Waals surface area (Å²) in [5.74, 6) is -3.92. The molecule has 0 aromatic carbocycles. The van der Waals surface area contributed by atoms with Gasteiger partial charge < -0.3 is 30.6 Å². The molecule has 0 aromatic rings. The first-order valence-electron chi connectivity index (χ1n) is 8.42. The second-order valence-corrected chi connectivity index (χ2v) is 6.94.